The molecule has 4 nitrogen and oxygen atoms in total. The van der Waals surface area contributed by atoms with Gasteiger partial charge < -0.3 is 15.0 Å². The monoisotopic (exact) mass is 370 g/mol. The Labute approximate surface area is 151 Å². The number of carbonyl (C=O) groups is 1. The molecule has 1 unspecified atom stereocenters. The molecule has 0 saturated carbocycles. The van der Waals surface area contributed by atoms with Crippen LogP contribution in [0.15, 0.2) is 24.3 Å². The predicted octanol–water partition coefficient (Wildman–Crippen LogP) is 3.01. The lowest BCUT2D eigenvalue weighted by molar-refractivity contribution is -0.137. The summed E-state index contributed by atoms with van der Waals surface area (Å²) in [6.07, 6.45) is -0.104. The number of halogens is 3. The minimum atomic E-state index is -4.39. The third kappa shape index (κ3) is 5.45. The lowest BCUT2D eigenvalue weighted by Crippen LogP contribution is -2.46. The predicted molar refractivity (Wildman–Crippen MR) is 91.7 cm³/mol. The topological polar surface area (TPSA) is 41.6 Å². The second-order valence-electron chi connectivity index (χ2n) is 7.15. The number of benzene rings is 1. The van der Waals surface area contributed by atoms with Crippen LogP contribution in [0.3, 0.4) is 0 Å². The standard InChI is InChI=1S/C19H25F3N2O2/c20-19(21,22)15-4-1-3-14(11-15)12-18(25)23-16-6-8-24(9-7-16)13-17-5-2-10-26-17/h1,3-4,11,16-17H,2,5-10,12-13H2,(H,23,25). The Hall–Kier alpha value is -1.60. The molecule has 144 valence electrons. The molecule has 26 heavy (non-hydrogen) atoms. The Morgan fingerprint density at radius 1 is 1.23 bits per heavy atom. The molecule has 2 saturated heterocycles. The SMILES string of the molecule is O=C(Cc1cccc(C(F)(F)F)c1)NC1CCN(CC2CCCO2)CC1. The molecular formula is C19H25F3N2O2. The van der Waals surface area contributed by atoms with Crippen molar-refractivity contribution in [1.29, 1.82) is 0 Å². The van der Waals surface area contributed by atoms with E-state index in [-0.39, 0.29) is 18.4 Å². The van der Waals surface area contributed by atoms with Crippen molar-refractivity contribution in [2.75, 3.05) is 26.2 Å². The van der Waals surface area contributed by atoms with Crippen LogP contribution >= 0.6 is 0 Å². The molecule has 2 aliphatic rings. The number of alkyl halides is 3. The summed E-state index contributed by atoms with van der Waals surface area (Å²) in [4.78, 5) is 14.5. The molecule has 0 radical (unpaired) electrons. The van der Waals surface area contributed by atoms with Crippen LogP contribution < -0.4 is 5.32 Å². The summed E-state index contributed by atoms with van der Waals surface area (Å²) in [5, 5.41) is 2.96. The van der Waals surface area contributed by atoms with E-state index in [9.17, 15) is 18.0 Å². The first-order valence-corrected chi connectivity index (χ1v) is 9.19. The maximum atomic E-state index is 12.7. The Kier molecular flexibility index (Phi) is 6.19. The number of piperidine rings is 1. The number of hydrogen-bond acceptors (Lipinski definition) is 3. The fraction of sp³-hybridized carbons (Fsp3) is 0.632. The van der Waals surface area contributed by atoms with Crippen molar-refractivity contribution in [2.24, 2.45) is 0 Å². The van der Waals surface area contributed by atoms with E-state index in [2.05, 4.69) is 10.2 Å². The van der Waals surface area contributed by atoms with Gasteiger partial charge in [-0.2, -0.15) is 13.2 Å². The van der Waals surface area contributed by atoms with Crippen molar-refractivity contribution in [1.82, 2.24) is 10.2 Å². The zero-order valence-electron chi connectivity index (χ0n) is 14.7. The zero-order valence-corrected chi connectivity index (χ0v) is 14.7. The highest BCUT2D eigenvalue weighted by Crippen LogP contribution is 2.29. The summed E-state index contributed by atoms with van der Waals surface area (Å²) in [5.74, 6) is -0.220. The van der Waals surface area contributed by atoms with Crippen molar-refractivity contribution in [3.8, 4) is 0 Å². The molecule has 1 amide bonds. The number of nitrogens with zero attached hydrogens (tertiary/aromatic N) is 1. The van der Waals surface area contributed by atoms with Gasteiger partial charge in [0.2, 0.25) is 5.91 Å². The summed E-state index contributed by atoms with van der Waals surface area (Å²) in [7, 11) is 0. The van der Waals surface area contributed by atoms with Gasteiger partial charge in [-0.1, -0.05) is 18.2 Å². The van der Waals surface area contributed by atoms with E-state index in [0.29, 0.717) is 11.7 Å². The van der Waals surface area contributed by atoms with Crippen LogP contribution in [0.1, 0.15) is 36.8 Å². The molecule has 2 heterocycles. The zero-order chi connectivity index (χ0) is 18.6. The number of carbonyl (C=O) groups excluding carboxylic acids is 1. The highest BCUT2D eigenvalue weighted by atomic mass is 19.4. The van der Waals surface area contributed by atoms with Crippen molar-refractivity contribution >= 4 is 5.91 Å². The van der Waals surface area contributed by atoms with E-state index in [4.69, 9.17) is 4.74 Å². The van der Waals surface area contributed by atoms with Crippen molar-refractivity contribution in [3.63, 3.8) is 0 Å². The van der Waals surface area contributed by atoms with Gasteiger partial charge in [0.1, 0.15) is 0 Å². The van der Waals surface area contributed by atoms with Crippen LogP contribution in [0.5, 0.6) is 0 Å². The second kappa shape index (κ2) is 8.39. The fourth-order valence-electron chi connectivity index (χ4n) is 3.66. The molecule has 0 spiro atoms. The third-order valence-corrected chi connectivity index (χ3v) is 5.06. The maximum Gasteiger partial charge on any atom is 0.416 e. The van der Waals surface area contributed by atoms with Crippen LogP contribution in [-0.4, -0.2) is 49.2 Å². The van der Waals surface area contributed by atoms with E-state index in [1.54, 1.807) is 6.07 Å². The van der Waals surface area contributed by atoms with Crippen LogP contribution in [-0.2, 0) is 22.1 Å². The van der Waals surface area contributed by atoms with E-state index in [0.717, 1.165) is 64.1 Å². The minimum Gasteiger partial charge on any atom is -0.377 e. The van der Waals surface area contributed by atoms with Gasteiger partial charge in [0, 0.05) is 32.3 Å². The first kappa shape index (κ1) is 19.2. The third-order valence-electron chi connectivity index (χ3n) is 5.06. The quantitative estimate of drug-likeness (QED) is 0.866. The van der Waals surface area contributed by atoms with Gasteiger partial charge >= 0.3 is 6.18 Å². The average molecular weight is 370 g/mol. The second-order valence-corrected chi connectivity index (χ2v) is 7.15. The molecule has 0 bridgehead atoms. The molecule has 2 fully saturated rings. The maximum absolute atomic E-state index is 12.7. The van der Waals surface area contributed by atoms with Gasteiger partial charge in [-0.15, -0.1) is 0 Å². The summed E-state index contributed by atoms with van der Waals surface area (Å²) in [5.41, 5.74) is -0.335. The van der Waals surface area contributed by atoms with E-state index in [1.165, 1.54) is 6.07 Å². The Balaban J connectivity index is 1.43. The van der Waals surface area contributed by atoms with Crippen molar-refractivity contribution in [2.45, 2.75) is 50.4 Å². The molecule has 0 aliphatic carbocycles. The van der Waals surface area contributed by atoms with E-state index >= 15 is 0 Å². The van der Waals surface area contributed by atoms with Crippen LogP contribution in [0.4, 0.5) is 13.2 Å². The van der Waals surface area contributed by atoms with E-state index < -0.39 is 11.7 Å². The Bertz CT molecular complexity index is 607. The average Bonchev–Trinajstić information content (AvgIpc) is 3.09. The lowest BCUT2D eigenvalue weighted by atomic mass is 10.0. The molecule has 1 atom stereocenters. The summed E-state index contributed by atoms with van der Waals surface area (Å²) >= 11 is 0. The lowest BCUT2D eigenvalue weighted by Gasteiger charge is -2.33. The molecule has 3 rings (SSSR count). The van der Waals surface area contributed by atoms with Crippen molar-refractivity contribution in [3.05, 3.63) is 35.4 Å². The largest absolute Gasteiger partial charge is 0.416 e. The molecule has 2 aliphatic heterocycles. The number of ether oxygens (including phenoxy) is 1. The highest BCUT2D eigenvalue weighted by molar-refractivity contribution is 5.78. The number of hydrogen-bond donors (Lipinski definition) is 1. The molecule has 0 aromatic heterocycles. The van der Waals surface area contributed by atoms with Gasteiger partial charge in [0.05, 0.1) is 18.1 Å². The fourth-order valence-corrected chi connectivity index (χ4v) is 3.66. The molecule has 1 aromatic rings. The highest BCUT2D eigenvalue weighted by Gasteiger charge is 2.30. The first-order valence-electron chi connectivity index (χ1n) is 9.19. The number of rotatable bonds is 5. The normalized spacial score (nSPS) is 22.5. The molecule has 1 aromatic carbocycles. The van der Waals surface area contributed by atoms with Gasteiger partial charge in [0.25, 0.3) is 0 Å². The smallest absolute Gasteiger partial charge is 0.377 e. The van der Waals surface area contributed by atoms with Gasteiger partial charge in [0.15, 0.2) is 0 Å². The van der Waals surface area contributed by atoms with Crippen LogP contribution in [0.2, 0.25) is 0 Å². The number of amides is 1. The number of nitrogens with one attached hydrogen (secondary N) is 1. The number of likely N-dealkylation sites (tertiary alicyclic amines) is 1. The van der Waals surface area contributed by atoms with Crippen LogP contribution in [0.25, 0.3) is 0 Å². The first-order chi connectivity index (χ1) is 12.4. The van der Waals surface area contributed by atoms with Crippen molar-refractivity contribution < 1.29 is 22.7 Å². The summed E-state index contributed by atoms with van der Waals surface area (Å²) < 4.78 is 43.9. The molecule has 7 heteroatoms. The Morgan fingerprint density at radius 2 is 2.00 bits per heavy atom. The van der Waals surface area contributed by atoms with Gasteiger partial charge in [-0.05, 0) is 37.3 Å². The van der Waals surface area contributed by atoms with E-state index in [1.807, 2.05) is 0 Å². The Morgan fingerprint density at radius 3 is 2.65 bits per heavy atom. The molecular weight excluding hydrogens is 345 g/mol. The van der Waals surface area contributed by atoms with Gasteiger partial charge in [-0.3, -0.25) is 4.79 Å². The molecule has 1 N–H and O–H groups in total. The summed E-state index contributed by atoms with van der Waals surface area (Å²) in [6, 6.07) is 5.05. The minimum absolute atomic E-state index is 0.0277. The summed E-state index contributed by atoms with van der Waals surface area (Å²) in [6.45, 7) is 3.63. The van der Waals surface area contributed by atoms with Gasteiger partial charge in [-0.25, -0.2) is 0 Å². The van der Waals surface area contributed by atoms with Crippen LogP contribution in [0, 0.1) is 0 Å².